The van der Waals surface area contributed by atoms with E-state index in [9.17, 15) is 4.79 Å². The van der Waals surface area contributed by atoms with Crippen LogP contribution in [0.5, 0.6) is 0 Å². The van der Waals surface area contributed by atoms with E-state index in [1.807, 2.05) is 24.3 Å². The molecular weight excluding hydrogens is 410 g/mol. The van der Waals surface area contributed by atoms with Crippen LogP contribution < -0.4 is 10.6 Å². The van der Waals surface area contributed by atoms with E-state index in [2.05, 4.69) is 53.3 Å². The zero-order valence-corrected chi connectivity index (χ0v) is 18.5. The quantitative estimate of drug-likeness (QED) is 0.482. The average Bonchev–Trinajstić information content (AvgIpc) is 3.16. The van der Waals surface area contributed by atoms with Gasteiger partial charge in [0.25, 0.3) is 0 Å². The van der Waals surface area contributed by atoms with Crippen molar-refractivity contribution >= 4 is 17.5 Å². The number of benzene rings is 3. The highest BCUT2D eigenvalue weighted by Crippen LogP contribution is 2.44. The number of rotatable bonds is 4. The minimum absolute atomic E-state index is 0.0736. The lowest BCUT2D eigenvalue weighted by Crippen LogP contribution is -2.49. The number of fused-ring (bicyclic) bond motifs is 3. The van der Waals surface area contributed by atoms with Gasteiger partial charge in [0.1, 0.15) is 6.61 Å². The molecule has 5 nitrogen and oxygen atoms in total. The molecule has 166 valence electrons. The normalized spacial score (nSPS) is 15.0. The average molecular weight is 438 g/mol. The van der Waals surface area contributed by atoms with Crippen molar-refractivity contribution in [3.63, 3.8) is 0 Å². The first kappa shape index (κ1) is 21.0. The Morgan fingerprint density at radius 2 is 1.61 bits per heavy atom. The molecule has 1 fully saturated rings. The summed E-state index contributed by atoms with van der Waals surface area (Å²) in [7, 11) is 0. The largest absolute Gasteiger partial charge is 0.448 e. The molecule has 33 heavy (non-hydrogen) atoms. The summed E-state index contributed by atoms with van der Waals surface area (Å²) in [6.07, 6.45) is 5.76. The van der Waals surface area contributed by atoms with Crippen LogP contribution in [-0.4, -0.2) is 43.8 Å². The number of carbonyl (C=O) groups is 1. The van der Waals surface area contributed by atoms with Crippen LogP contribution in [0.2, 0.25) is 0 Å². The molecule has 5 heteroatoms. The second-order valence-corrected chi connectivity index (χ2v) is 8.59. The molecule has 0 bridgehead atoms. The van der Waals surface area contributed by atoms with Gasteiger partial charge in [-0.2, -0.15) is 0 Å². The smallest absolute Gasteiger partial charge is 0.409 e. The van der Waals surface area contributed by atoms with Crippen molar-refractivity contribution in [3.8, 4) is 23.5 Å². The topological polar surface area (TPSA) is 58.8 Å². The Morgan fingerprint density at radius 3 is 2.24 bits per heavy atom. The van der Waals surface area contributed by atoms with Gasteiger partial charge in [-0.1, -0.05) is 48.5 Å². The first-order chi connectivity index (χ1) is 16.1. The summed E-state index contributed by atoms with van der Waals surface area (Å²) >= 11 is 0. The van der Waals surface area contributed by atoms with E-state index in [4.69, 9.17) is 16.9 Å². The van der Waals surface area contributed by atoms with Gasteiger partial charge in [0.05, 0.1) is 0 Å². The Morgan fingerprint density at radius 1 is 0.970 bits per heavy atom. The highest BCUT2D eigenvalue weighted by atomic mass is 16.6. The number of nitrogen functional groups attached to an aromatic ring is 1. The molecule has 0 unspecified atom stereocenters. The Labute approximate surface area is 194 Å². The van der Waals surface area contributed by atoms with E-state index in [1.165, 1.54) is 22.3 Å². The molecule has 1 saturated heterocycles. The fraction of sp³-hybridized carbons (Fsp3) is 0.250. The fourth-order valence-electron chi connectivity index (χ4n) is 4.93. The molecule has 0 aromatic heterocycles. The third kappa shape index (κ3) is 4.12. The highest BCUT2D eigenvalue weighted by Gasteiger charge is 2.30. The van der Waals surface area contributed by atoms with Crippen LogP contribution in [-0.2, 0) is 11.2 Å². The van der Waals surface area contributed by atoms with E-state index >= 15 is 0 Å². The van der Waals surface area contributed by atoms with Gasteiger partial charge in [-0.05, 0) is 46.0 Å². The van der Waals surface area contributed by atoms with Gasteiger partial charge in [0, 0.05) is 49.9 Å². The van der Waals surface area contributed by atoms with Crippen LogP contribution in [0.25, 0.3) is 11.1 Å². The maximum atomic E-state index is 12.9. The van der Waals surface area contributed by atoms with E-state index in [0.717, 1.165) is 24.3 Å². The van der Waals surface area contributed by atoms with Gasteiger partial charge >= 0.3 is 6.09 Å². The fourth-order valence-corrected chi connectivity index (χ4v) is 4.93. The summed E-state index contributed by atoms with van der Waals surface area (Å²) in [5, 5.41) is 0. The van der Waals surface area contributed by atoms with Crippen LogP contribution in [0.3, 0.4) is 0 Å². The molecule has 2 aliphatic rings. The van der Waals surface area contributed by atoms with Crippen LogP contribution >= 0.6 is 0 Å². The monoisotopic (exact) mass is 437 g/mol. The number of nitrogens with two attached hydrogens (primary N) is 1. The van der Waals surface area contributed by atoms with Crippen molar-refractivity contribution < 1.29 is 9.53 Å². The molecule has 0 radical (unpaired) electrons. The lowest BCUT2D eigenvalue weighted by molar-refractivity contribution is 0.0977. The van der Waals surface area contributed by atoms with Gasteiger partial charge in [0.2, 0.25) is 0 Å². The summed E-state index contributed by atoms with van der Waals surface area (Å²) in [6, 6.07) is 22.7. The number of anilines is 2. The second kappa shape index (κ2) is 8.91. The summed E-state index contributed by atoms with van der Waals surface area (Å²) in [6.45, 7) is 3.01. The molecule has 1 amide bonds. The zero-order chi connectivity index (χ0) is 22.8. The number of terminal acetylenes is 1. The van der Waals surface area contributed by atoms with Crippen LogP contribution in [0.4, 0.5) is 16.2 Å². The first-order valence-electron chi connectivity index (χ1n) is 11.3. The number of amides is 1. The SMILES string of the molecule is C#CCc1cc(N)cc(N2CCN(C(=O)OCC3c4ccccc4-c4ccccc43)CC2)c1. The van der Waals surface area contributed by atoms with Crippen LogP contribution in [0.1, 0.15) is 22.6 Å². The van der Waals surface area contributed by atoms with E-state index in [-0.39, 0.29) is 12.0 Å². The molecule has 5 rings (SSSR count). The summed E-state index contributed by atoms with van der Waals surface area (Å²) in [5.74, 6) is 2.74. The number of carbonyl (C=O) groups excluding carboxylic acids is 1. The van der Waals surface area contributed by atoms with E-state index in [0.29, 0.717) is 31.8 Å². The van der Waals surface area contributed by atoms with Gasteiger partial charge in [-0.15, -0.1) is 12.3 Å². The standard InChI is InChI=1S/C28H27N3O2/c1-2-7-20-16-21(29)18-22(17-20)30-12-14-31(15-13-30)28(32)33-19-27-25-10-5-3-8-23(25)24-9-4-6-11-26(24)27/h1,3-6,8-11,16-18,27H,7,12-15,19,29H2. The summed E-state index contributed by atoms with van der Waals surface area (Å²) in [5.41, 5.74) is 13.8. The molecule has 1 aliphatic heterocycles. The number of piperazine rings is 1. The van der Waals surface area contributed by atoms with Crippen molar-refractivity contribution in [2.45, 2.75) is 12.3 Å². The van der Waals surface area contributed by atoms with Gasteiger partial charge in [-0.3, -0.25) is 0 Å². The highest BCUT2D eigenvalue weighted by molar-refractivity contribution is 5.79. The zero-order valence-electron chi connectivity index (χ0n) is 18.5. The van der Waals surface area contributed by atoms with Crippen LogP contribution in [0.15, 0.2) is 66.7 Å². The molecule has 0 saturated carbocycles. The molecular formula is C28H27N3O2. The van der Waals surface area contributed by atoms with Crippen molar-refractivity contribution in [3.05, 3.63) is 83.4 Å². The lowest BCUT2D eigenvalue weighted by atomic mass is 9.98. The first-order valence-corrected chi connectivity index (χ1v) is 11.3. The molecule has 1 heterocycles. The Bertz CT molecular complexity index is 1180. The minimum atomic E-state index is -0.253. The van der Waals surface area contributed by atoms with Crippen molar-refractivity contribution in [2.75, 3.05) is 43.4 Å². The van der Waals surface area contributed by atoms with Gasteiger partial charge < -0.3 is 20.3 Å². The van der Waals surface area contributed by atoms with Gasteiger partial charge in [0.15, 0.2) is 0 Å². The molecule has 3 aromatic rings. The van der Waals surface area contributed by atoms with E-state index in [1.54, 1.807) is 4.90 Å². The molecule has 3 aromatic carbocycles. The Balaban J connectivity index is 1.21. The second-order valence-electron chi connectivity index (χ2n) is 8.59. The Hall–Kier alpha value is -3.91. The number of ether oxygens (including phenoxy) is 1. The third-order valence-electron chi connectivity index (χ3n) is 6.55. The maximum absolute atomic E-state index is 12.9. The van der Waals surface area contributed by atoms with Gasteiger partial charge in [-0.25, -0.2) is 4.79 Å². The molecule has 1 aliphatic carbocycles. The molecule has 0 spiro atoms. The predicted molar refractivity (Wildman–Crippen MR) is 132 cm³/mol. The number of nitrogens with zero attached hydrogens (tertiary/aromatic N) is 2. The predicted octanol–water partition coefficient (Wildman–Crippen LogP) is 4.52. The number of hydrogen-bond acceptors (Lipinski definition) is 4. The molecule has 0 atom stereocenters. The van der Waals surface area contributed by atoms with Crippen molar-refractivity contribution in [2.24, 2.45) is 0 Å². The lowest BCUT2D eigenvalue weighted by Gasteiger charge is -2.36. The van der Waals surface area contributed by atoms with Crippen LogP contribution in [0, 0.1) is 12.3 Å². The minimum Gasteiger partial charge on any atom is -0.448 e. The van der Waals surface area contributed by atoms with E-state index < -0.39 is 0 Å². The summed E-state index contributed by atoms with van der Waals surface area (Å²) in [4.78, 5) is 16.9. The third-order valence-corrected chi connectivity index (χ3v) is 6.55. The van der Waals surface area contributed by atoms with Crippen molar-refractivity contribution in [1.82, 2.24) is 4.90 Å². The number of hydrogen-bond donors (Lipinski definition) is 1. The van der Waals surface area contributed by atoms with Crippen molar-refractivity contribution in [1.29, 1.82) is 0 Å². The Kier molecular flexibility index (Phi) is 5.66. The molecule has 2 N–H and O–H groups in total. The maximum Gasteiger partial charge on any atom is 0.409 e. The summed E-state index contributed by atoms with van der Waals surface area (Å²) < 4.78 is 5.82.